The van der Waals surface area contributed by atoms with E-state index in [0.717, 1.165) is 62.6 Å². The first-order chi connectivity index (χ1) is 12.3. The standard InChI is InChI=1S/C17H23N5O3/c23-10-18-5-15-16(21-6-11-1-2-12(7-21)24-11)4-17(20-19-15)22-8-13-3-14(9-22)25-13/h4,10-14H,1-3,5-9H2,(H,18,23). The van der Waals surface area contributed by atoms with Gasteiger partial charge in [-0.25, -0.2) is 0 Å². The number of nitrogens with zero attached hydrogens (tertiary/aromatic N) is 4. The first kappa shape index (κ1) is 15.3. The molecule has 1 amide bonds. The van der Waals surface area contributed by atoms with Gasteiger partial charge in [0.15, 0.2) is 5.82 Å². The van der Waals surface area contributed by atoms with Crippen molar-refractivity contribution >= 4 is 17.9 Å². The maximum atomic E-state index is 10.7. The van der Waals surface area contributed by atoms with Crippen LogP contribution < -0.4 is 15.1 Å². The summed E-state index contributed by atoms with van der Waals surface area (Å²) in [7, 11) is 0. The van der Waals surface area contributed by atoms with E-state index in [1.165, 1.54) is 0 Å². The van der Waals surface area contributed by atoms with E-state index >= 15 is 0 Å². The number of morpholine rings is 2. The lowest BCUT2D eigenvalue weighted by Gasteiger charge is -2.47. The van der Waals surface area contributed by atoms with Gasteiger partial charge in [-0.15, -0.1) is 10.2 Å². The highest BCUT2D eigenvalue weighted by molar-refractivity contribution is 5.59. The molecule has 5 aliphatic rings. The van der Waals surface area contributed by atoms with Gasteiger partial charge in [0.05, 0.1) is 36.6 Å². The fraction of sp³-hybridized carbons (Fsp3) is 0.706. The normalized spacial score (nSPS) is 33.1. The third kappa shape index (κ3) is 2.83. The lowest BCUT2D eigenvalue weighted by molar-refractivity contribution is -0.133. The van der Waals surface area contributed by atoms with Crippen LogP contribution in [-0.4, -0.2) is 67.2 Å². The monoisotopic (exact) mass is 345 g/mol. The van der Waals surface area contributed by atoms with Gasteiger partial charge in [0.2, 0.25) is 6.41 Å². The fourth-order valence-electron chi connectivity index (χ4n) is 4.44. The Bertz CT molecular complexity index is 644. The Morgan fingerprint density at radius 1 is 1.04 bits per heavy atom. The highest BCUT2D eigenvalue weighted by atomic mass is 16.5. The molecule has 0 aliphatic carbocycles. The number of anilines is 2. The highest BCUT2D eigenvalue weighted by Crippen LogP contribution is 2.34. The Kier molecular flexibility index (Phi) is 3.74. The number of carbonyl (C=O) groups is 1. The summed E-state index contributed by atoms with van der Waals surface area (Å²) in [4.78, 5) is 15.3. The molecule has 8 heteroatoms. The molecule has 1 aromatic heterocycles. The number of fused-ring (bicyclic) bond motifs is 4. The summed E-state index contributed by atoms with van der Waals surface area (Å²) < 4.78 is 11.7. The van der Waals surface area contributed by atoms with Crippen molar-refractivity contribution in [3.63, 3.8) is 0 Å². The summed E-state index contributed by atoms with van der Waals surface area (Å²) in [5, 5.41) is 11.6. The van der Waals surface area contributed by atoms with Gasteiger partial charge in [-0.1, -0.05) is 0 Å². The van der Waals surface area contributed by atoms with Crippen molar-refractivity contribution in [2.24, 2.45) is 0 Å². The Labute approximate surface area is 146 Å². The molecule has 1 N–H and O–H groups in total. The number of aromatic nitrogens is 2. The molecule has 25 heavy (non-hydrogen) atoms. The van der Waals surface area contributed by atoms with Crippen molar-refractivity contribution in [3.8, 4) is 0 Å². The van der Waals surface area contributed by atoms with Crippen LogP contribution in [0.5, 0.6) is 0 Å². The number of carbonyl (C=O) groups excluding carboxylic acids is 1. The van der Waals surface area contributed by atoms with Crippen molar-refractivity contribution in [2.45, 2.75) is 50.2 Å². The number of nitrogens with one attached hydrogen (secondary N) is 1. The van der Waals surface area contributed by atoms with E-state index in [9.17, 15) is 4.79 Å². The van der Waals surface area contributed by atoms with Crippen LogP contribution >= 0.6 is 0 Å². The molecule has 0 saturated carbocycles. The van der Waals surface area contributed by atoms with Crippen LogP contribution in [0.15, 0.2) is 6.07 Å². The number of hydrogen-bond acceptors (Lipinski definition) is 7. The van der Waals surface area contributed by atoms with Crippen molar-refractivity contribution in [2.75, 3.05) is 36.0 Å². The molecule has 0 radical (unpaired) electrons. The van der Waals surface area contributed by atoms with E-state index < -0.39 is 0 Å². The van der Waals surface area contributed by atoms with Gasteiger partial charge in [0.25, 0.3) is 0 Å². The molecule has 1 aromatic rings. The van der Waals surface area contributed by atoms with Gasteiger partial charge < -0.3 is 24.6 Å². The molecule has 6 heterocycles. The lowest BCUT2D eigenvalue weighted by Crippen LogP contribution is -2.57. The van der Waals surface area contributed by atoms with Crippen LogP contribution in [0.2, 0.25) is 0 Å². The summed E-state index contributed by atoms with van der Waals surface area (Å²) in [5.74, 6) is 0.904. The number of piperidine rings is 1. The van der Waals surface area contributed by atoms with Crippen LogP contribution in [0, 0.1) is 0 Å². The first-order valence-electron chi connectivity index (χ1n) is 9.13. The van der Waals surface area contributed by atoms with Gasteiger partial charge in [-0.3, -0.25) is 4.79 Å². The smallest absolute Gasteiger partial charge is 0.207 e. The van der Waals surface area contributed by atoms with Crippen LogP contribution in [0.25, 0.3) is 0 Å². The zero-order valence-corrected chi connectivity index (χ0v) is 14.1. The quantitative estimate of drug-likeness (QED) is 0.756. The van der Waals surface area contributed by atoms with Crippen LogP contribution in [0.1, 0.15) is 25.0 Å². The molecule has 8 nitrogen and oxygen atoms in total. The SMILES string of the molecule is O=CNCc1nnc(N2CC3CC(C2)O3)cc1N1CC2CCC(C1)O2. The number of amides is 1. The topological polar surface area (TPSA) is 79.8 Å². The second kappa shape index (κ2) is 6.10. The van der Waals surface area contributed by atoms with Crippen molar-refractivity contribution in [3.05, 3.63) is 11.8 Å². The zero-order valence-electron chi connectivity index (χ0n) is 14.1. The molecular weight excluding hydrogens is 322 g/mol. The van der Waals surface area contributed by atoms with E-state index in [-0.39, 0.29) is 0 Å². The summed E-state index contributed by atoms with van der Waals surface area (Å²) in [5.41, 5.74) is 1.88. The van der Waals surface area contributed by atoms with Crippen molar-refractivity contribution in [1.29, 1.82) is 0 Å². The maximum Gasteiger partial charge on any atom is 0.207 e. The summed E-state index contributed by atoms with van der Waals surface area (Å²) in [6, 6.07) is 2.13. The molecule has 5 aliphatic heterocycles. The van der Waals surface area contributed by atoms with Gasteiger partial charge in [-0.05, 0) is 12.8 Å². The summed E-state index contributed by atoms with van der Waals surface area (Å²) >= 11 is 0. The Hall–Kier alpha value is -1.93. The lowest BCUT2D eigenvalue weighted by atomic mass is 9.99. The molecule has 5 fully saturated rings. The minimum absolute atomic E-state index is 0.304. The van der Waals surface area contributed by atoms with E-state index in [1.54, 1.807) is 0 Å². The zero-order chi connectivity index (χ0) is 16.8. The van der Waals surface area contributed by atoms with Crippen molar-refractivity contribution < 1.29 is 14.3 Å². The number of ether oxygens (including phenoxy) is 2. The van der Waals surface area contributed by atoms with Gasteiger partial charge in [0, 0.05) is 38.7 Å². The molecule has 0 spiro atoms. The average molecular weight is 345 g/mol. The molecule has 5 saturated heterocycles. The summed E-state index contributed by atoms with van der Waals surface area (Å²) in [6.07, 6.45) is 5.39. The Morgan fingerprint density at radius 2 is 1.68 bits per heavy atom. The number of hydrogen-bond donors (Lipinski definition) is 1. The third-order valence-corrected chi connectivity index (χ3v) is 5.65. The second-order valence-electron chi connectivity index (χ2n) is 7.42. The Balaban J connectivity index is 1.43. The fourth-order valence-corrected chi connectivity index (χ4v) is 4.44. The van der Waals surface area contributed by atoms with E-state index in [4.69, 9.17) is 9.47 Å². The van der Waals surface area contributed by atoms with Gasteiger partial charge in [-0.2, -0.15) is 0 Å². The van der Waals surface area contributed by atoms with E-state index in [2.05, 4.69) is 31.4 Å². The summed E-state index contributed by atoms with van der Waals surface area (Å²) in [6.45, 7) is 3.91. The minimum Gasteiger partial charge on any atom is -0.371 e. The maximum absolute atomic E-state index is 10.7. The Morgan fingerprint density at radius 3 is 2.36 bits per heavy atom. The average Bonchev–Trinajstić information content (AvgIpc) is 2.97. The molecule has 134 valence electrons. The van der Waals surface area contributed by atoms with E-state index in [0.29, 0.717) is 37.4 Å². The van der Waals surface area contributed by atoms with Crippen LogP contribution in [0.4, 0.5) is 11.5 Å². The largest absolute Gasteiger partial charge is 0.371 e. The molecule has 4 bridgehead atoms. The van der Waals surface area contributed by atoms with E-state index in [1.807, 2.05) is 0 Å². The molecular formula is C17H23N5O3. The predicted octanol–water partition coefficient (Wildman–Crippen LogP) is 0.0677. The second-order valence-corrected chi connectivity index (χ2v) is 7.42. The predicted molar refractivity (Wildman–Crippen MR) is 90.5 cm³/mol. The van der Waals surface area contributed by atoms with Crippen molar-refractivity contribution in [1.82, 2.24) is 15.5 Å². The van der Waals surface area contributed by atoms with Crippen LogP contribution in [0.3, 0.4) is 0 Å². The van der Waals surface area contributed by atoms with Crippen LogP contribution in [-0.2, 0) is 20.8 Å². The highest BCUT2D eigenvalue weighted by Gasteiger charge is 2.39. The molecule has 0 aromatic carbocycles. The molecule has 4 atom stereocenters. The minimum atomic E-state index is 0.304. The molecule has 4 unspecified atom stereocenters. The number of rotatable bonds is 5. The molecule has 6 rings (SSSR count). The van der Waals surface area contributed by atoms with Gasteiger partial charge in [0.1, 0.15) is 5.69 Å². The van der Waals surface area contributed by atoms with Gasteiger partial charge >= 0.3 is 0 Å². The first-order valence-corrected chi connectivity index (χ1v) is 9.13. The third-order valence-electron chi connectivity index (χ3n) is 5.65.